The zero-order chi connectivity index (χ0) is 19.8. The molecule has 1 aliphatic rings. The summed E-state index contributed by atoms with van der Waals surface area (Å²) in [5.74, 6) is -0.312. The van der Waals surface area contributed by atoms with Crippen LogP contribution in [0.25, 0.3) is 0 Å². The topological polar surface area (TPSA) is 89.6 Å². The van der Waals surface area contributed by atoms with Crippen molar-refractivity contribution in [3.05, 3.63) is 58.6 Å². The lowest BCUT2D eigenvalue weighted by atomic mass is 10.2. The molecule has 0 aliphatic carbocycles. The predicted molar refractivity (Wildman–Crippen MR) is 101 cm³/mol. The molecule has 2 heterocycles. The van der Waals surface area contributed by atoms with E-state index < -0.39 is 6.67 Å². The van der Waals surface area contributed by atoms with Gasteiger partial charge in [-0.2, -0.15) is 0 Å². The Kier molecular flexibility index (Phi) is 7.63. The van der Waals surface area contributed by atoms with Crippen LogP contribution in [0.15, 0.2) is 41.5 Å². The maximum Gasteiger partial charge on any atom is 0.274 e. The van der Waals surface area contributed by atoms with Crippen molar-refractivity contribution in [3.8, 4) is 0 Å². The second-order valence-corrected chi connectivity index (χ2v) is 6.16. The molecule has 2 aromatic rings. The van der Waals surface area contributed by atoms with Gasteiger partial charge in [-0.05, 0) is 42.8 Å². The van der Waals surface area contributed by atoms with E-state index in [0.29, 0.717) is 41.0 Å². The highest BCUT2D eigenvalue weighted by Gasteiger charge is 2.12. The second kappa shape index (κ2) is 9.94. The van der Waals surface area contributed by atoms with Gasteiger partial charge in [0.25, 0.3) is 5.91 Å². The smallest absolute Gasteiger partial charge is 0.274 e. The number of anilines is 1. The summed E-state index contributed by atoms with van der Waals surface area (Å²) in [6.07, 6.45) is 1.41. The molecule has 9 heteroatoms. The first-order valence-corrected chi connectivity index (χ1v) is 8.41. The maximum atomic E-state index is 12.7. The second-order valence-electron chi connectivity index (χ2n) is 5.72. The van der Waals surface area contributed by atoms with Crippen LogP contribution < -0.4 is 11.1 Å². The summed E-state index contributed by atoms with van der Waals surface area (Å²) in [4.78, 5) is 19.7. The van der Waals surface area contributed by atoms with E-state index in [1.54, 1.807) is 13.0 Å². The highest BCUT2D eigenvalue weighted by molar-refractivity contribution is 6.30. The maximum absolute atomic E-state index is 12.7. The predicted octanol–water partition coefficient (Wildman–Crippen LogP) is 3.15. The number of nitrogens with two attached hydrogens (primary N) is 1. The van der Waals surface area contributed by atoms with Gasteiger partial charge in [0.05, 0.1) is 11.6 Å². The minimum Gasteiger partial charge on any atom is -0.386 e. The molecule has 3 N–H and O–H groups in total. The minimum atomic E-state index is -0.485. The van der Waals surface area contributed by atoms with Crippen LogP contribution in [0.1, 0.15) is 16.1 Å². The number of hydrogen-bond acceptors (Lipinski definition) is 5. The van der Waals surface area contributed by atoms with E-state index in [9.17, 15) is 13.6 Å². The first-order valence-electron chi connectivity index (χ1n) is 8.04. The van der Waals surface area contributed by atoms with Crippen molar-refractivity contribution in [1.29, 1.82) is 0 Å². The molecule has 0 saturated carbocycles. The van der Waals surface area contributed by atoms with E-state index in [4.69, 9.17) is 22.1 Å². The van der Waals surface area contributed by atoms with Crippen LogP contribution in [0.2, 0.25) is 5.02 Å². The number of amides is 1. The summed E-state index contributed by atoms with van der Waals surface area (Å²) in [5, 5.41) is 3.11. The van der Waals surface area contributed by atoms with Crippen molar-refractivity contribution in [2.45, 2.75) is 13.0 Å². The number of carbonyl (C=O) groups is 1. The van der Waals surface area contributed by atoms with Gasteiger partial charge in [0.1, 0.15) is 36.7 Å². The van der Waals surface area contributed by atoms with Gasteiger partial charge in [-0.1, -0.05) is 11.6 Å². The average molecular weight is 397 g/mol. The third kappa shape index (κ3) is 6.58. The fraction of sp³-hybridized carbons (Fsp3) is 0.278. The van der Waals surface area contributed by atoms with Crippen LogP contribution in [0, 0.1) is 12.7 Å². The van der Waals surface area contributed by atoms with E-state index in [1.165, 1.54) is 30.5 Å². The number of pyridine rings is 1. The minimum absolute atomic E-state index is 0.295. The molecule has 1 amide bonds. The summed E-state index contributed by atoms with van der Waals surface area (Å²) in [7, 11) is 0. The Balaban J connectivity index is 0.000000244. The van der Waals surface area contributed by atoms with E-state index in [2.05, 4.69) is 15.3 Å². The van der Waals surface area contributed by atoms with Gasteiger partial charge in [0.15, 0.2) is 0 Å². The number of aliphatic imine (C=N–C) groups is 1. The largest absolute Gasteiger partial charge is 0.386 e. The number of amidine groups is 1. The molecular weight excluding hydrogens is 378 g/mol. The molecule has 144 valence electrons. The Morgan fingerprint density at radius 2 is 2.11 bits per heavy atom. The molecule has 1 aromatic heterocycles. The number of benzene rings is 1. The highest BCUT2D eigenvalue weighted by atomic mass is 35.5. The molecule has 0 bridgehead atoms. The molecule has 0 spiro atoms. The van der Waals surface area contributed by atoms with Gasteiger partial charge in [0.2, 0.25) is 0 Å². The van der Waals surface area contributed by atoms with Crippen LogP contribution in [-0.2, 0) is 4.74 Å². The fourth-order valence-corrected chi connectivity index (χ4v) is 2.40. The van der Waals surface area contributed by atoms with E-state index >= 15 is 0 Å². The molecule has 6 nitrogen and oxygen atoms in total. The van der Waals surface area contributed by atoms with Crippen LogP contribution in [0.5, 0.6) is 0 Å². The number of alkyl halides is 1. The third-order valence-electron chi connectivity index (χ3n) is 3.45. The number of nitrogens with one attached hydrogen (secondary N) is 1. The standard InChI is InChI=1S/C13H10ClFN2O.C5H9FN2O/c1-8-6-9(14)7-16-12(8)13(18)17-11-4-2-10(15)3-5-11;6-1-4-2-9-3-5(7)8-4/h2-7H,1H3,(H,17,18);4H,1-3H2,(H2,7,8). The number of rotatable bonds is 3. The summed E-state index contributed by atoms with van der Waals surface area (Å²) in [5.41, 5.74) is 6.75. The number of halogens is 3. The van der Waals surface area contributed by atoms with Crippen molar-refractivity contribution in [2.24, 2.45) is 10.7 Å². The molecule has 27 heavy (non-hydrogen) atoms. The molecule has 0 radical (unpaired) electrons. The zero-order valence-corrected chi connectivity index (χ0v) is 15.3. The lowest BCUT2D eigenvalue weighted by molar-refractivity contribution is 0.102. The zero-order valence-electron chi connectivity index (χ0n) is 14.6. The summed E-state index contributed by atoms with van der Waals surface area (Å²) < 4.78 is 29.4. The Morgan fingerprint density at radius 1 is 1.41 bits per heavy atom. The summed E-state index contributed by atoms with van der Waals surface area (Å²) in [6, 6.07) is 6.82. The van der Waals surface area contributed by atoms with Crippen LogP contribution in [0.4, 0.5) is 14.5 Å². The third-order valence-corrected chi connectivity index (χ3v) is 3.66. The average Bonchev–Trinajstić information content (AvgIpc) is 2.64. The SMILES string of the molecule is Cc1cc(Cl)cnc1C(=O)Nc1ccc(F)cc1.NC1=NC(CF)COC1. The summed E-state index contributed by atoms with van der Waals surface area (Å²) in [6.45, 7) is 1.97. The molecule has 3 rings (SSSR count). The first kappa shape index (κ1) is 20.7. The molecule has 0 saturated heterocycles. The van der Waals surface area contributed by atoms with Crippen LogP contribution in [0.3, 0.4) is 0 Å². The van der Waals surface area contributed by atoms with Gasteiger partial charge < -0.3 is 15.8 Å². The van der Waals surface area contributed by atoms with Gasteiger partial charge >= 0.3 is 0 Å². The number of nitrogens with zero attached hydrogens (tertiary/aromatic N) is 2. The van der Waals surface area contributed by atoms with Crippen molar-refractivity contribution < 1.29 is 18.3 Å². The molecule has 1 aliphatic heterocycles. The van der Waals surface area contributed by atoms with Gasteiger partial charge in [-0.25, -0.2) is 13.8 Å². The quantitative estimate of drug-likeness (QED) is 0.834. The summed E-state index contributed by atoms with van der Waals surface area (Å²) >= 11 is 5.76. The van der Waals surface area contributed by atoms with Gasteiger partial charge in [-0.3, -0.25) is 9.79 Å². The number of aryl methyl sites for hydroxylation is 1. The lowest BCUT2D eigenvalue weighted by Crippen LogP contribution is -2.31. The van der Waals surface area contributed by atoms with Crippen molar-refractivity contribution in [2.75, 3.05) is 25.2 Å². The lowest BCUT2D eigenvalue weighted by Gasteiger charge is -2.15. The number of carbonyl (C=O) groups excluding carboxylic acids is 1. The molecular formula is C18H19ClF2N4O2. The van der Waals surface area contributed by atoms with Gasteiger partial charge in [-0.15, -0.1) is 0 Å². The Labute approximate surface area is 160 Å². The van der Waals surface area contributed by atoms with E-state index in [-0.39, 0.29) is 17.8 Å². The normalized spacial score (nSPS) is 16.0. The Bertz CT molecular complexity index is 816. The molecule has 1 atom stereocenters. The van der Waals surface area contributed by atoms with Crippen LogP contribution in [-0.4, -0.2) is 42.7 Å². The fourth-order valence-electron chi connectivity index (χ4n) is 2.19. The van der Waals surface area contributed by atoms with Gasteiger partial charge in [0, 0.05) is 11.9 Å². The van der Waals surface area contributed by atoms with Crippen LogP contribution >= 0.6 is 11.6 Å². The molecule has 0 fully saturated rings. The molecule has 1 unspecified atom stereocenters. The van der Waals surface area contributed by atoms with Crippen molar-refractivity contribution in [1.82, 2.24) is 4.98 Å². The number of hydrogen-bond donors (Lipinski definition) is 2. The number of aromatic nitrogens is 1. The van der Waals surface area contributed by atoms with Crippen molar-refractivity contribution >= 4 is 29.0 Å². The number of ether oxygens (including phenoxy) is 1. The first-order chi connectivity index (χ1) is 12.9. The highest BCUT2D eigenvalue weighted by Crippen LogP contribution is 2.14. The monoisotopic (exact) mass is 396 g/mol. The Morgan fingerprint density at radius 3 is 2.67 bits per heavy atom. The molecule has 1 aromatic carbocycles. The van der Waals surface area contributed by atoms with E-state index in [1.807, 2.05) is 0 Å². The van der Waals surface area contributed by atoms with Crippen molar-refractivity contribution in [3.63, 3.8) is 0 Å². The Hall–Kier alpha value is -2.58. The van der Waals surface area contributed by atoms with E-state index in [0.717, 1.165) is 0 Å².